The average Bonchev–Trinajstić information content (AvgIpc) is 2.97. The van der Waals surface area contributed by atoms with Gasteiger partial charge in [-0.05, 0) is 43.2 Å². The van der Waals surface area contributed by atoms with Gasteiger partial charge in [-0.3, -0.25) is 10.1 Å². The summed E-state index contributed by atoms with van der Waals surface area (Å²) in [7, 11) is 0. The molecule has 24 heavy (non-hydrogen) atoms. The van der Waals surface area contributed by atoms with E-state index in [1.165, 1.54) is 22.5 Å². The molecule has 0 saturated carbocycles. The van der Waals surface area contributed by atoms with Crippen LogP contribution in [0.5, 0.6) is 0 Å². The number of benzene rings is 2. The molecule has 0 aliphatic heterocycles. The summed E-state index contributed by atoms with van der Waals surface area (Å²) in [5, 5.41) is 4.16. The standard InChI is InChI=1S/C18H14Cl2N2OS/c1-10-3-4-11(2)15(5-10)16-9-21-18(24-16)22-17(23)12-6-13(19)8-14(20)7-12/h3-9H,1-2H3,(H,21,22,23). The van der Waals surface area contributed by atoms with Gasteiger partial charge in [0.25, 0.3) is 5.91 Å². The van der Waals surface area contributed by atoms with Crippen molar-refractivity contribution in [3.63, 3.8) is 0 Å². The Hall–Kier alpha value is -1.88. The molecule has 0 aliphatic carbocycles. The van der Waals surface area contributed by atoms with E-state index in [1.807, 2.05) is 0 Å². The van der Waals surface area contributed by atoms with E-state index in [0.717, 1.165) is 10.4 Å². The largest absolute Gasteiger partial charge is 0.298 e. The van der Waals surface area contributed by atoms with Gasteiger partial charge in [0.05, 0.1) is 4.88 Å². The van der Waals surface area contributed by atoms with Crippen molar-refractivity contribution in [2.24, 2.45) is 0 Å². The van der Waals surface area contributed by atoms with E-state index in [4.69, 9.17) is 23.2 Å². The molecule has 0 aliphatic rings. The normalized spacial score (nSPS) is 10.7. The molecule has 2 aromatic carbocycles. The van der Waals surface area contributed by atoms with Gasteiger partial charge in [0.15, 0.2) is 5.13 Å². The van der Waals surface area contributed by atoms with Crippen molar-refractivity contribution < 1.29 is 4.79 Å². The predicted octanol–water partition coefficient (Wildman–Crippen LogP) is 5.99. The van der Waals surface area contributed by atoms with Crippen molar-refractivity contribution in [2.45, 2.75) is 13.8 Å². The number of nitrogens with one attached hydrogen (secondary N) is 1. The van der Waals surface area contributed by atoms with Crippen molar-refractivity contribution >= 4 is 45.6 Å². The van der Waals surface area contributed by atoms with Gasteiger partial charge in [-0.15, -0.1) is 0 Å². The van der Waals surface area contributed by atoms with Crippen LogP contribution in [0.25, 0.3) is 10.4 Å². The second-order valence-electron chi connectivity index (χ2n) is 5.46. The van der Waals surface area contributed by atoms with Gasteiger partial charge in [0.2, 0.25) is 0 Å². The lowest BCUT2D eigenvalue weighted by molar-refractivity contribution is 0.102. The van der Waals surface area contributed by atoms with Crippen LogP contribution >= 0.6 is 34.5 Å². The zero-order valence-corrected chi connectivity index (χ0v) is 15.4. The average molecular weight is 377 g/mol. The molecule has 0 saturated heterocycles. The summed E-state index contributed by atoms with van der Waals surface area (Å²) < 4.78 is 0. The molecule has 0 spiro atoms. The summed E-state index contributed by atoms with van der Waals surface area (Å²) in [6.07, 6.45) is 1.77. The zero-order valence-electron chi connectivity index (χ0n) is 13.1. The Balaban J connectivity index is 1.83. The molecule has 3 rings (SSSR count). The summed E-state index contributed by atoms with van der Waals surface area (Å²) in [6, 6.07) is 11.0. The van der Waals surface area contributed by atoms with Crippen LogP contribution in [0, 0.1) is 13.8 Å². The number of thiazole rings is 1. The topological polar surface area (TPSA) is 42.0 Å². The first kappa shape index (κ1) is 17.0. The number of carbonyl (C=O) groups excluding carboxylic acids is 1. The Labute approximate surface area is 154 Å². The maximum Gasteiger partial charge on any atom is 0.257 e. The van der Waals surface area contributed by atoms with Crippen LogP contribution in [-0.2, 0) is 0 Å². The van der Waals surface area contributed by atoms with E-state index in [-0.39, 0.29) is 5.91 Å². The van der Waals surface area contributed by atoms with Gasteiger partial charge >= 0.3 is 0 Å². The maximum absolute atomic E-state index is 12.3. The van der Waals surface area contributed by atoms with Gasteiger partial charge < -0.3 is 0 Å². The molecular formula is C18H14Cl2N2OS. The number of hydrogen-bond acceptors (Lipinski definition) is 3. The predicted molar refractivity (Wildman–Crippen MR) is 101 cm³/mol. The fraction of sp³-hybridized carbons (Fsp3) is 0.111. The molecule has 1 N–H and O–H groups in total. The third kappa shape index (κ3) is 3.78. The number of halogens is 2. The number of amides is 1. The molecule has 1 aromatic heterocycles. The molecule has 3 aromatic rings. The zero-order chi connectivity index (χ0) is 17.3. The lowest BCUT2D eigenvalue weighted by Crippen LogP contribution is -2.11. The van der Waals surface area contributed by atoms with Crippen LogP contribution in [0.1, 0.15) is 21.5 Å². The summed E-state index contributed by atoms with van der Waals surface area (Å²) in [6.45, 7) is 4.11. The van der Waals surface area contributed by atoms with E-state index >= 15 is 0 Å². The van der Waals surface area contributed by atoms with Gasteiger partial charge in [-0.1, -0.05) is 58.3 Å². The molecule has 0 radical (unpaired) electrons. The van der Waals surface area contributed by atoms with Crippen molar-refractivity contribution in [2.75, 3.05) is 5.32 Å². The first-order chi connectivity index (χ1) is 11.4. The summed E-state index contributed by atoms with van der Waals surface area (Å²) in [5.41, 5.74) is 3.88. The molecule has 6 heteroatoms. The monoisotopic (exact) mass is 376 g/mol. The summed E-state index contributed by atoms with van der Waals surface area (Å²) in [5.74, 6) is -0.290. The second-order valence-corrected chi connectivity index (χ2v) is 7.36. The van der Waals surface area contributed by atoms with Crippen LogP contribution in [0.2, 0.25) is 10.0 Å². The summed E-state index contributed by atoms with van der Waals surface area (Å²) >= 11 is 13.3. The van der Waals surface area contributed by atoms with Crippen molar-refractivity contribution in [1.29, 1.82) is 0 Å². The third-order valence-corrected chi connectivity index (χ3v) is 4.89. The number of rotatable bonds is 3. The first-order valence-corrected chi connectivity index (χ1v) is 8.80. The highest BCUT2D eigenvalue weighted by atomic mass is 35.5. The number of nitrogens with zero attached hydrogens (tertiary/aromatic N) is 1. The van der Waals surface area contributed by atoms with Gasteiger partial charge in [-0.25, -0.2) is 4.98 Å². The fourth-order valence-corrected chi connectivity index (χ4v) is 3.73. The van der Waals surface area contributed by atoms with Crippen molar-refractivity contribution in [1.82, 2.24) is 4.98 Å². The Bertz CT molecular complexity index is 901. The molecule has 122 valence electrons. The second kappa shape index (κ2) is 6.93. The Kier molecular flexibility index (Phi) is 4.90. The highest BCUT2D eigenvalue weighted by Crippen LogP contribution is 2.32. The Morgan fingerprint density at radius 2 is 1.79 bits per heavy atom. The summed E-state index contributed by atoms with van der Waals surface area (Å²) in [4.78, 5) is 17.6. The molecule has 1 heterocycles. The highest BCUT2D eigenvalue weighted by Gasteiger charge is 2.12. The number of carbonyl (C=O) groups is 1. The van der Waals surface area contributed by atoms with Crippen molar-refractivity contribution in [3.05, 3.63) is 69.3 Å². The Morgan fingerprint density at radius 1 is 1.08 bits per heavy atom. The highest BCUT2D eigenvalue weighted by molar-refractivity contribution is 7.19. The molecule has 0 fully saturated rings. The third-order valence-electron chi connectivity index (χ3n) is 3.51. The molecule has 1 amide bonds. The van der Waals surface area contributed by atoms with Crippen LogP contribution in [0.4, 0.5) is 5.13 Å². The number of aryl methyl sites for hydroxylation is 2. The van der Waals surface area contributed by atoms with Crippen LogP contribution in [-0.4, -0.2) is 10.9 Å². The van der Waals surface area contributed by atoms with E-state index < -0.39 is 0 Å². The van der Waals surface area contributed by atoms with E-state index in [2.05, 4.69) is 42.3 Å². The maximum atomic E-state index is 12.3. The van der Waals surface area contributed by atoms with Gasteiger partial charge in [0.1, 0.15) is 0 Å². The molecule has 0 bridgehead atoms. The minimum atomic E-state index is -0.290. The SMILES string of the molecule is Cc1ccc(C)c(-c2cnc(NC(=O)c3cc(Cl)cc(Cl)c3)s2)c1. The van der Waals surface area contributed by atoms with Gasteiger partial charge in [0, 0.05) is 21.8 Å². The number of hydrogen-bond donors (Lipinski definition) is 1. The molecular weight excluding hydrogens is 363 g/mol. The minimum Gasteiger partial charge on any atom is -0.298 e. The van der Waals surface area contributed by atoms with Crippen molar-refractivity contribution in [3.8, 4) is 10.4 Å². The van der Waals surface area contributed by atoms with Crippen LogP contribution < -0.4 is 5.32 Å². The van der Waals surface area contributed by atoms with E-state index in [1.54, 1.807) is 24.4 Å². The van der Waals surface area contributed by atoms with Crippen LogP contribution in [0.3, 0.4) is 0 Å². The quantitative estimate of drug-likeness (QED) is 0.610. The van der Waals surface area contributed by atoms with Gasteiger partial charge in [-0.2, -0.15) is 0 Å². The molecule has 3 nitrogen and oxygen atoms in total. The number of anilines is 1. The molecule has 0 atom stereocenters. The molecule has 0 unspecified atom stereocenters. The van der Waals surface area contributed by atoms with E-state index in [9.17, 15) is 4.79 Å². The first-order valence-electron chi connectivity index (χ1n) is 7.23. The van der Waals surface area contributed by atoms with Crippen LogP contribution in [0.15, 0.2) is 42.6 Å². The smallest absolute Gasteiger partial charge is 0.257 e. The fourth-order valence-electron chi connectivity index (χ4n) is 2.31. The Morgan fingerprint density at radius 3 is 2.50 bits per heavy atom. The minimum absolute atomic E-state index is 0.290. The lowest BCUT2D eigenvalue weighted by atomic mass is 10.1. The van der Waals surface area contributed by atoms with E-state index in [0.29, 0.717) is 20.7 Å². The lowest BCUT2D eigenvalue weighted by Gasteiger charge is -2.04. The number of aromatic nitrogens is 1.